The first-order chi connectivity index (χ1) is 11.1. The van der Waals surface area contributed by atoms with E-state index in [1.54, 1.807) is 29.2 Å². The molecule has 23 heavy (non-hydrogen) atoms. The van der Waals surface area contributed by atoms with Gasteiger partial charge < -0.3 is 14.9 Å². The summed E-state index contributed by atoms with van der Waals surface area (Å²) in [5.41, 5.74) is 1.07. The number of aliphatic hydroxyl groups excluding tert-OH is 1. The molecule has 1 saturated heterocycles. The molecule has 1 N–H and O–H groups in total. The van der Waals surface area contributed by atoms with Gasteiger partial charge in [-0.25, -0.2) is 0 Å². The normalized spacial score (nSPS) is 17.3. The minimum Gasteiger partial charge on any atom is -0.391 e. The van der Waals surface area contributed by atoms with Crippen molar-refractivity contribution in [1.82, 2.24) is 9.80 Å². The van der Waals surface area contributed by atoms with Gasteiger partial charge in [0.15, 0.2) is 0 Å². The molecule has 1 fully saturated rings. The van der Waals surface area contributed by atoms with E-state index in [4.69, 9.17) is 0 Å². The van der Waals surface area contributed by atoms with Gasteiger partial charge in [-0.1, -0.05) is 19.9 Å². The van der Waals surface area contributed by atoms with Crippen molar-refractivity contribution in [3.63, 3.8) is 0 Å². The molecule has 0 saturated carbocycles. The fraction of sp³-hybridized carbons (Fsp3) is 0.556. The van der Waals surface area contributed by atoms with E-state index in [-0.39, 0.29) is 11.8 Å². The smallest absolute Gasteiger partial charge is 0.253 e. The van der Waals surface area contributed by atoms with Gasteiger partial charge in [-0.15, -0.1) is 0 Å². The van der Waals surface area contributed by atoms with Crippen molar-refractivity contribution < 1.29 is 14.7 Å². The summed E-state index contributed by atoms with van der Waals surface area (Å²) in [6, 6.07) is 6.92. The first-order valence-corrected chi connectivity index (χ1v) is 8.43. The van der Waals surface area contributed by atoms with Crippen molar-refractivity contribution in [3.05, 3.63) is 35.4 Å². The van der Waals surface area contributed by atoms with Gasteiger partial charge in [0.2, 0.25) is 0 Å². The van der Waals surface area contributed by atoms with Gasteiger partial charge in [0, 0.05) is 37.3 Å². The average Bonchev–Trinajstić information content (AvgIpc) is 3.00. The summed E-state index contributed by atoms with van der Waals surface area (Å²) < 4.78 is 0. The third-order valence-electron chi connectivity index (χ3n) is 4.08. The second-order valence-corrected chi connectivity index (χ2v) is 6.07. The summed E-state index contributed by atoms with van der Waals surface area (Å²) in [7, 11) is 0. The van der Waals surface area contributed by atoms with Gasteiger partial charge in [0.05, 0.1) is 6.10 Å². The topological polar surface area (TPSA) is 60.9 Å². The second kappa shape index (κ2) is 8.11. The Morgan fingerprint density at radius 2 is 1.87 bits per heavy atom. The molecule has 1 aliphatic rings. The van der Waals surface area contributed by atoms with E-state index in [9.17, 15) is 14.7 Å². The highest BCUT2D eigenvalue weighted by Gasteiger charge is 2.26. The van der Waals surface area contributed by atoms with Crippen molar-refractivity contribution in [1.29, 1.82) is 0 Å². The van der Waals surface area contributed by atoms with Gasteiger partial charge in [-0.3, -0.25) is 9.59 Å². The molecule has 1 aromatic carbocycles. The molecule has 0 aliphatic carbocycles. The number of likely N-dealkylation sites (tertiary alicyclic amines) is 1. The predicted octanol–water partition coefficient (Wildman–Crippen LogP) is 2.16. The third-order valence-corrected chi connectivity index (χ3v) is 4.08. The molecule has 0 aromatic heterocycles. The highest BCUT2D eigenvalue weighted by atomic mass is 16.3. The Morgan fingerprint density at radius 1 is 1.22 bits per heavy atom. The SMILES string of the molecule is CCCN(CCC)C(=O)c1cccc(C(=O)N2CC[C@@H](O)C2)c1. The van der Waals surface area contributed by atoms with Gasteiger partial charge in [-0.05, 0) is 37.5 Å². The summed E-state index contributed by atoms with van der Waals surface area (Å²) in [4.78, 5) is 28.6. The fourth-order valence-electron chi connectivity index (χ4n) is 2.93. The van der Waals surface area contributed by atoms with Gasteiger partial charge in [0.25, 0.3) is 11.8 Å². The maximum absolute atomic E-state index is 12.6. The van der Waals surface area contributed by atoms with Crippen molar-refractivity contribution >= 4 is 11.8 Å². The number of carbonyl (C=O) groups excluding carboxylic acids is 2. The van der Waals surface area contributed by atoms with E-state index in [0.29, 0.717) is 30.6 Å². The number of benzene rings is 1. The van der Waals surface area contributed by atoms with Crippen LogP contribution >= 0.6 is 0 Å². The number of rotatable bonds is 6. The Balaban J connectivity index is 2.15. The van der Waals surface area contributed by atoms with Gasteiger partial charge in [0.1, 0.15) is 0 Å². The molecule has 0 spiro atoms. The lowest BCUT2D eigenvalue weighted by molar-refractivity contribution is 0.0755. The fourth-order valence-corrected chi connectivity index (χ4v) is 2.93. The number of hydrogen-bond donors (Lipinski definition) is 1. The molecule has 0 bridgehead atoms. The maximum Gasteiger partial charge on any atom is 0.253 e. The van der Waals surface area contributed by atoms with Crippen LogP contribution in [0.25, 0.3) is 0 Å². The molecule has 5 heteroatoms. The molecule has 5 nitrogen and oxygen atoms in total. The van der Waals surface area contributed by atoms with Gasteiger partial charge in [-0.2, -0.15) is 0 Å². The minimum atomic E-state index is -0.437. The molecule has 2 amide bonds. The molecule has 1 heterocycles. The predicted molar refractivity (Wildman–Crippen MR) is 89.5 cm³/mol. The number of hydrogen-bond acceptors (Lipinski definition) is 3. The van der Waals surface area contributed by atoms with E-state index >= 15 is 0 Å². The summed E-state index contributed by atoms with van der Waals surface area (Å²) in [6.45, 7) is 6.49. The highest BCUT2D eigenvalue weighted by Crippen LogP contribution is 2.16. The molecule has 2 rings (SSSR count). The summed E-state index contributed by atoms with van der Waals surface area (Å²) in [6.07, 6.45) is 2.00. The van der Waals surface area contributed by atoms with E-state index in [1.807, 2.05) is 4.90 Å². The van der Waals surface area contributed by atoms with Crippen molar-refractivity contribution in [2.45, 2.75) is 39.2 Å². The largest absolute Gasteiger partial charge is 0.391 e. The Kier molecular flexibility index (Phi) is 6.16. The average molecular weight is 318 g/mol. The number of aliphatic hydroxyl groups is 1. The van der Waals surface area contributed by atoms with Crippen molar-refractivity contribution in [3.8, 4) is 0 Å². The number of β-amino-alcohol motifs (C(OH)–C–C–N with tert-alkyl or cyclic N) is 1. The van der Waals surface area contributed by atoms with E-state index in [1.165, 1.54) is 0 Å². The first-order valence-electron chi connectivity index (χ1n) is 8.43. The van der Waals surface area contributed by atoms with Crippen LogP contribution in [0.2, 0.25) is 0 Å². The molecule has 1 atom stereocenters. The van der Waals surface area contributed by atoms with Crippen LogP contribution < -0.4 is 0 Å². The summed E-state index contributed by atoms with van der Waals surface area (Å²) in [5.74, 6) is -0.140. The Bertz CT molecular complexity index is 553. The standard InChI is InChI=1S/C18H26N2O3/c1-3-9-19(10-4-2)17(22)14-6-5-7-15(12-14)18(23)20-11-8-16(21)13-20/h5-7,12,16,21H,3-4,8-11,13H2,1-2H3/t16-/m1/s1. The maximum atomic E-state index is 12.6. The lowest BCUT2D eigenvalue weighted by Crippen LogP contribution is -2.33. The zero-order chi connectivity index (χ0) is 16.8. The van der Waals surface area contributed by atoms with Crippen molar-refractivity contribution in [2.24, 2.45) is 0 Å². The van der Waals surface area contributed by atoms with Crippen LogP contribution in [0, 0.1) is 0 Å². The van der Waals surface area contributed by atoms with Crippen LogP contribution in [0.1, 0.15) is 53.8 Å². The monoisotopic (exact) mass is 318 g/mol. The summed E-state index contributed by atoms with van der Waals surface area (Å²) >= 11 is 0. The number of carbonyl (C=O) groups is 2. The van der Waals surface area contributed by atoms with Crippen molar-refractivity contribution in [2.75, 3.05) is 26.2 Å². The quantitative estimate of drug-likeness (QED) is 0.874. The molecular weight excluding hydrogens is 292 g/mol. The molecule has 126 valence electrons. The number of amides is 2. The first kappa shape index (κ1) is 17.5. The van der Waals surface area contributed by atoms with Crippen LogP contribution in [0.15, 0.2) is 24.3 Å². The highest BCUT2D eigenvalue weighted by molar-refractivity contribution is 5.99. The third kappa shape index (κ3) is 4.32. The molecule has 1 aliphatic heterocycles. The molecular formula is C18H26N2O3. The van der Waals surface area contributed by atoms with E-state index in [2.05, 4.69) is 13.8 Å². The molecule has 0 radical (unpaired) electrons. The Morgan fingerprint density at radius 3 is 2.43 bits per heavy atom. The summed E-state index contributed by atoms with van der Waals surface area (Å²) in [5, 5.41) is 9.57. The van der Waals surface area contributed by atoms with Crippen LogP contribution in [-0.4, -0.2) is 59.0 Å². The lowest BCUT2D eigenvalue weighted by atomic mass is 10.1. The lowest BCUT2D eigenvalue weighted by Gasteiger charge is -2.22. The van der Waals surface area contributed by atoms with E-state index < -0.39 is 6.10 Å². The number of nitrogens with zero attached hydrogens (tertiary/aromatic N) is 2. The van der Waals surface area contributed by atoms with E-state index in [0.717, 1.165) is 25.9 Å². The molecule has 0 unspecified atom stereocenters. The van der Waals surface area contributed by atoms with Gasteiger partial charge >= 0.3 is 0 Å². The molecule has 1 aromatic rings. The van der Waals surface area contributed by atoms with Crippen LogP contribution in [-0.2, 0) is 0 Å². The zero-order valence-corrected chi connectivity index (χ0v) is 14.0. The second-order valence-electron chi connectivity index (χ2n) is 6.07. The Hall–Kier alpha value is -1.88. The Labute approximate surface area is 137 Å². The minimum absolute atomic E-state index is 0.0233. The van der Waals surface area contributed by atoms with Crippen LogP contribution in [0.3, 0.4) is 0 Å². The zero-order valence-electron chi connectivity index (χ0n) is 14.0. The van der Waals surface area contributed by atoms with Crippen LogP contribution in [0.4, 0.5) is 0 Å². The van der Waals surface area contributed by atoms with Crippen LogP contribution in [0.5, 0.6) is 0 Å².